The van der Waals surface area contributed by atoms with E-state index in [1.165, 1.54) is 28.9 Å². The molecule has 0 saturated carbocycles. The number of anilines is 3. The topological polar surface area (TPSA) is 156 Å². The van der Waals surface area contributed by atoms with E-state index >= 15 is 0 Å². The Morgan fingerprint density at radius 3 is 2.49 bits per heavy atom. The van der Waals surface area contributed by atoms with Crippen molar-refractivity contribution < 1.29 is 27.1 Å². The Bertz CT molecular complexity index is 1740. The Hall–Kier alpha value is -4.27. The van der Waals surface area contributed by atoms with Crippen molar-refractivity contribution >= 4 is 61.9 Å². The molecule has 12 nitrogen and oxygen atoms in total. The highest BCUT2D eigenvalue weighted by Crippen LogP contribution is 2.25. The highest BCUT2D eigenvalue weighted by molar-refractivity contribution is 7.90. The van der Waals surface area contributed by atoms with E-state index < -0.39 is 33.6 Å². The average molecular weight is 604 g/mol. The van der Waals surface area contributed by atoms with Crippen LogP contribution < -0.4 is 20.1 Å². The number of benzene rings is 2. The lowest BCUT2D eigenvalue weighted by Gasteiger charge is -2.19. The number of amides is 2. The fourth-order valence-electron chi connectivity index (χ4n) is 3.71. The van der Waals surface area contributed by atoms with Crippen LogP contribution >= 0.6 is 11.6 Å². The number of nitrogens with zero attached hydrogens (tertiary/aromatic N) is 3. The molecule has 0 aliphatic rings. The lowest BCUT2D eigenvalue weighted by Crippen LogP contribution is -2.30. The van der Waals surface area contributed by atoms with Crippen molar-refractivity contribution in [2.24, 2.45) is 7.05 Å². The van der Waals surface area contributed by atoms with Gasteiger partial charge >= 0.3 is 6.09 Å². The lowest BCUT2D eigenvalue weighted by atomic mass is 10.2. The second-order valence-electron chi connectivity index (χ2n) is 9.85. The minimum absolute atomic E-state index is 0.135. The number of rotatable bonds is 8. The standard InChI is InChI=1S/C26H27ClFN7O5S/c1-26(2,3)40-25(37)32-22-7-5-6-17(30-22)14-29-41(38,39)34-16-8-10-18-21(13-16)33-35(4)23(18)24(36)31-15-9-11-20(28)19(27)12-15/h5-13,29,34H,14H2,1-4H3,(H,31,36)(H,30,32,37). The molecule has 4 N–H and O–H groups in total. The molecule has 41 heavy (non-hydrogen) atoms. The molecule has 2 heterocycles. The number of pyridine rings is 1. The Kier molecular flexibility index (Phi) is 8.47. The summed E-state index contributed by atoms with van der Waals surface area (Å²) in [5.74, 6) is -0.921. The van der Waals surface area contributed by atoms with Crippen molar-refractivity contribution in [3.63, 3.8) is 0 Å². The van der Waals surface area contributed by atoms with Crippen LogP contribution in [0.15, 0.2) is 54.6 Å². The zero-order chi connectivity index (χ0) is 29.9. The van der Waals surface area contributed by atoms with Gasteiger partial charge in [-0.25, -0.2) is 14.2 Å². The zero-order valence-electron chi connectivity index (χ0n) is 22.5. The average Bonchev–Trinajstić information content (AvgIpc) is 3.19. The molecule has 4 aromatic rings. The first kappa shape index (κ1) is 29.7. The smallest absolute Gasteiger partial charge is 0.413 e. The summed E-state index contributed by atoms with van der Waals surface area (Å²) in [4.78, 5) is 29.1. The second-order valence-corrected chi connectivity index (χ2v) is 11.8. The monoisotopic (exact) mass is 603 g/mol. The van der Waals surface area contributed by atoms with Gasteiger partial charge in [-0.15, -0.1) is 0 Å². The molecule has 2 aromatic carbocycles. The van der Waals surface area contributed by atoms with Crippen molar-refractivity contribution in [2.75, 3.05) is 15.4 Å². The van der Waals surface area contributed by atoms with Gasteiger partial charge in [0.25, 0.3) is 16.1 Å². The highest BCUT2D eigenvalue weighted by Gasteiger charge is 2.20. The molecule has 0 fully saturated rings. The summed E-state index contributed by atoms with van der Waals surface area (Å²) in [5.41, 5.74) is 0.730. The van der Waals surface area contributed by atoms with Crippen molar-refractivity contribution in [3.05, 3.63) is 76.8 Å². The third-order valence-electron chi connectivity index (χ3n) is 5.36. The van der Waals surface area contributed by atoms with Crippen LogP contribution in [0.4, 0.5) is 26.4 Å². The third-order valence-corrected chi connectivity index (χ3v) is 6.68. The molecule has 0 bridgehead atoms. The van der Waals surface area contributed by atoms with E-state index in [1.807, 2.05) is 0 Å². The second kappa shape index (κ2) is 11.7. The summed E-state index contributed by atoms with van der Waals surface area (Å²) in [6.07, 6.45) is -0.685. The van der Waals surface area contributed by atoms with E-state index in [0.717, 1.165) is 6.07 Å². The predicted molar refractivity (Wildman–Crippen MR) is 154 cm³/mol. The van der Waals surface area contributed by atoms with Gasteiger partial charge in [0.15, 0.2) is 0 Å². The van der Waals surface area contributed by atoms with Gasteiger partial charge in [0.2, 0.25) is 0 Å². The SMILES string of the molecule is Cn1nc2cc(NS(=O)(=O)NCc3cccc(NC(=O)OC(C)(C)C)n3)ccc2c1C(=O)Nc1ccc(F)c(Cl)c1. The van der Waals surface area contributed by atoms with Crippen LogP contribution in [0.1, 0.15) is 37.0 Å². The van der Waals surface area contributed by atoms with Gasteiger partial charge in [-0.05, 0) is 69.3 Å². The maximum atomic E-state index is 13.4. The number of aryl methyl sites for hydroxylation is 1. The lowest BCUT2D eigenvalue weighted by molar-refractivity contribution is 0.0635. The first-order chi connectivity index (χ1) is 19.2. The molecule has 0 atom stereocenters. The normalized spacial score (nSPS) is 11.8. The molecule has 2 amide bonds. The van der Waals surface area contributed by atoms with Crippen LogP contribution in [0.2, 0.25) is 5.02 Å². The molecule has 0 unspecified atom stereocenters. The van der Waals surface area contributed by atoms with Crippen molar-refractivity contribution in [2.45, 2.75) is 32.9 Å². The van der Waals surface area contributed by atoms with E-state index in [1.54, 1.807) is 52.1 Å². The Morgan fingerprint density at radius 1 is 1.05 bits per heavy atom. The molecular weight excluding hydrogens is 577 g/mol. The minimum atomic E-state index is -4.04. The van der Waals surface area contributed by atoms with E-state index in [2.05, 4.69) is 30.2 Å². The zero-order valence-corrected chi connectivity index (χ0v) is 24.0. The Balaban J connectivity index is 1.42. The van der Waals surface area contributed by atoms with Crippen LogP contribution in [0.5, 0.6) is 0 Å². The van der Waals surface area contributed by atoms with Crippen LogP contribution in [-0.2, 0) is 28.5 Å². The number of hydrogen-bond acceptors (Lipinski definition) is 7. The highest BCUT2D eigenvalue weighted by atomic mass is 35.5. The van der Waals surface area contributed by atoms with Gasteiger partial charge in [-0.2, -0.15) is 18.2 Å². The maximum Gasteiger partial charge on any atom is 0.413 e. The summed E-state index contributed by atoms with van der Waals surface area (Å²) in [5, 5.41) is 9.79. The molecule has 0 aliphatic heterocycles. The number of carbonyl (C=O) groups is 2. The number of fused-ring (bicyclic) bond motifs is 1. The molecule has 0 saturated heterocycles. The molecule has 15 heteroatoms. The molecule has 0 aliphatic carbocycles. The fourth-order valence-corrected chi connectivity index (χ4v) is 4.74. The number of carbonyl (C=O) groups excluding carboxylic acids is 2. The summed E-state index contributed by atoms with van der Waals surface area (Å²) in [7, 11) is -2.47. The van der Waals surface area contributed by atoms with Crippen LogP contribution in [0, 0.1) is 5.82 Å². The number of aromatic nitrogens is 3. The predicted octanol–water partition coefficient (Wildman–Crippen LogP) is 4.81. The number of hydrogen-bond donors (Lipinski definition) is 4. The van der Waals surface area contributed by atoms with Gasteiger partial charge in [0.1, 0.15) is 22.9 Å². The van der Waals surface area contributed by atoms with Crippen LogP contribution in [-0.4, -0.2) is 40.8 Å². The Labute approximate surface area is 240 Å². The summed E-state index contributed by atoms with van der Waals surface area (Å²) >= 11 is 5.79. The van der Waals surface area contributed by atoms with Gasteiger partial charge in [0.05, 0.1) is 28.5 Å². The van der Waals surface area contributed by atoms with E-state index in [9.17, 15) is 22.4 Å². The third kappa shape index (κ3) is 7.90. The Morgan fingerprint density at radius 2 is 1.78 bits per heavy atom. The fraction of sp³-hybridized carbons (Fsp3) is 0.231. The van der Waals surface area contributed by atoms with Gasteiger partial charge in [-0.3, -0.25) is 19.5 Å². The van der Waals surface area contributed by atoms with Gasteiger partial charge in [-0.1, -0.05) is 17.7 Å². The van der Waals surface area contributed by atoms with E-state index in [4.69, 9.17) is 16.3 Å². The maximum absolute atomic E-state index is 13.4. The largest absolute Gasteiger partial charge is 0.444 e. The van der Waals surface area contributed by atoms with Crippen LogP contribution in [0.3, 0.4) is 0 Å². The molecule has 0 spiro atoms. The molecule has 0 radical (unpaired) electrons. The van der Waals surface area contributed by atoms with Gasteiger partial charge < -0.3 is 10.1 Å². The molecule has 216 valence electrons. The summed E-state index contributed by atoms with van der Waals surface area (Å²) in [6, 6.07) is 13.1. The molecule has 4 rings (SSSR count). The van der Waals surface area contributed by atoms with Crippen LogP contribution in [0.25, 0.3) is 10.9 Å². The first-order valence-corrected chi connectivity index (χ1v) is 14.0. The number of halogens is 2. The number of nitrogens with one attached hydrogen (secondary N) is 4. The first-order valence-electron chi connectivity index (χ1n) is 12.2. The van der Waals surface area contributed by atoms with Crippen molar-refractivity contribution in [3.8, 4) is 0 Å². The van der Waals surface area contributed by atoms with E-state index in [0.29, 0.717) is 22.3 Å². The van der Waals surface area contributed by atoms with Gasteiger partial charge in [0, 0.05) is 18.1 Å². The molecular formula is C26H27ClFN7O5S. The van der Waals surface area contributed by atoms with Crippen molar-refractivity contribution in [1.29, 1.82) is 0 Å². The molecule has 2 aromatic heterocycles. The van der Waals surface area contributed by atoms with E-state index in [-0.39, 0.29) is 28.8 Å². The summed E-state index contributed by atoms with van der Waals surface area (Å²) in [6.45, 7) is 5.02. The minimum Gasteiger partial charge on any atom is -0.444 e. The van der Waals surface area contributed by atoms with Crippen molar-refractivity contribution in [1.82, 2.24) is 19.5 Å². The number of ether oxygens (including phenoxy) is 1. The summed E-state index contributed by atoms with van der Waals surface area (Å²) < 4.78 is 50.2. The quantitative estimate of drug-likeness (QED) is 0.225.